The molecule has 0 atom stereocenters. The summed E-state index contributed by atoms with van der Waals surface area (Å²) in [4.78, 5) is 23.9. The average molecular weight is 611 g/mol. The van der Waals surface area contributed by atoms with E-state index in [-0.39, 0.29) is 6.09 Å². The minimum absolute atomic E-state index is 0.212. The third kappa shape index (κ3) is 8.03. The number of likely N-dealkylation sites (tertiary alicyclic amines) is 1. The molecule has 4 aromatic rings. The van der Waals surface area contributed by atoms with Gasteiger partial charge in [0.15, 0.2) is 0 Å². The van der Waals surface area contributed by atoms with Crippen LogP contribution >= 0.6 is 0 Å². The van der Waals surface area contributed by atoms with E-state index in [0.717, 1.165) is 43.3 Å². The van der Waals surface area contributed by atoms with Crippen LogP contribution in [0.2, 0.25) is 0 Å². The summed E-state index contributed by atoms with van der Waals surface area (Å²) < 4.78 is 9.89. The first-order valence-electron chi connectivity index (χ1n) is 16.4. The summed E-state index contributed by atoms with van der Waals surface area (Å²) in [7, 11) is 0. The number of carbonyl (C=O) groups excluding carboxylic acids is 1. The number of rotatable bonds is 4. The lowest BCUT2D eigenvalue weighted by atomic mass is 9.93. The molecule has 8 nitrogen and oxygen atoms in total. The van der Waals surface area contributed by atoms with Gasteiger partial charge in [-0.15, -0.1) is 0 Å². The molecule has 45 heavy (non-hydrogen) atoms. The van der Waals surface area contributed by atoms with E-state index in [1.165, 1.54) is 41.3 Å². The number of nitrogens with one attached hydrogen (secondary N) is 1. The van der Waals surface area contributed by atoms with Crippen molar-refractivity contribution in [1.29, 1.82) is 0 Å². The Hall–Kier alpha value is -3.91. The zero-order valence-electron chi connectivity index (χ0n) is 28.1. The van der Waals surface area contributed by atoms with E-state index in [0.29, 0.717) is 24.9 Å². The van der Waals surface area contributed by atoms with E-state index in [1.54, 1.807) is 0 Å². The largest absolute Gasteiger partial charge is 0.444 e. The van der Waals surface area contributed by atoms with Crippen LogP contribution in [0.1, 0.15) is 92.5 Å². The van der Waals surface area contributed by atoms with E-state index in [4.69, 9.17) is 14.7 Å². The fraction of sp³-hybridized carbons (Fsp3) is 0.486. The molecule has 0 saturated carbocycles. The van der Waals surface area contributed by atoms with Gasteiger partial charge in [0.1, 0.15) is 17.2 Å². The van der Waals surface area contributed by atoms with Crippen molar-refractivity contribution in [2.24, 2.45) is 0 Å². The van der Waals surface area contributed by atoms with Gasteiger partial charge in [-0.1, -0.05) is 12.1 Å². The Morgan fingerprint density at radius 3 is 1.53 bits per heavy atom. The molecule has 0 unspecified atom stereocenters. The van der Waals surface area contributed by atoms with Gasteiger partial charge < -0.3 is 24.1 Å². The van der Waals surface area contributed by atoms with Crippen molar-refractivity contribution in [3.8, 4) is 11.6 Å². The van der Waals surface area contributed by atoms with Gasteiger partial charge in [0.2, 0.25) is 0 Å². The molecule has 0 aromatic carbocycles. The lowest BCUT2D eigenvalue weighted by molar-refractivity contribution is 0.0204. The number of carbonyl (C=O) groups is 1. The van der Waals surface area contributed by atoms with E-state index in [1.807, 2.05) is 25.7 Å². The Labute approximate surface area is 268 Å². The maximum atomic E-state index is 12.2. The van der Waals surface area contributed by atoms with Crippen LogP contribution in [-0.4, -0.2) is 61.9 Å². The lowest BCUT2D eigenvalue weighted by Crippen LogP contribution is -2.41. The summed E-state index contributed by atoms with van der Waals surface area (Å²) in [6, 6.07) is 21.2. The van der Waals surface area contributed by atoms with Crippen molar-refractivity contribution in [2.75, 3.05) is 26.2 Å². The van der Waals surface area contributed by atoms with Gasteiger partial charge in [-0.2, -0.15) is 0 Å². The first-order valence-corrected chi connectivity index (χ1v) is 16.4. The Balaban J connectivity index is 0.000000186. The SMILES string of the molecule is Cc1ccc(C)n1-c1cccc(C2CCN(C(=O)OC(C)(C)C)CC2)n1.Cc1ccc(C)n1-c1cccc(C2CCNCC2)n1. The Morgan fingerprint density at radius 2 is 1.11 bits per heavy atom. The van der Waals surface area contributed by atoms with Crippen LogP contribution < -0.4 is 5.32 Å². The van der Waals surface area contributed by atoms with Gasteiger partial charge in [0.25, 0.3) is 0 Å². The molecule has 0 radical (unpaired) electrons. The predicted octanol–water partition coefficient (Wildman–Crippen LogP) is 7.56. The highest BCUT2D eigenvalue weighted by atomic mass is 16.6. The maximum Gasteiger partial charge on any atom is 0.410 e. The van der Waals surface area contributed by atoms with Gasteiger partial charge in [-0.3, -0.25) is 0 Å². The summed E-state index contributed by atoms with van der Waals surface area (Å²) in [5.41, 5.74) is 6.76. The summed E-state index contributed by atoms with van der Waals surface area (Å²) in [6.45, 7) is 17.8. The highest BCUT2D eigenvalue weighted by Crippen LogP contribution is 2.29. The van der Waals surface area contributed by atoms with Crippen LogP contribution in [0.25, 0.3) is 11.6 Å². The zero-order valence-corrected chi connectivity index (χ0v) is 28.1. The second kappa shape index (κ2) is 14.0. The molecular formula is C37H50N6O2. The number of aromatic nitrogens is 4. The Bertz CT molecular complexity index is 1540. The van der Waals surface area contributed by atoms with Crippen LogP contribution in [0.4, 0.5) is 4.79 Å². The first kappa shape index (κ1) is 32.5. The summed E-state index contributed by atoms with van der Waals surface area (Å²) in [5.74, 6) is 3.01. The number of aryl methyl sites for hydroxylation is 4. The van der Waals surface area contributed by atoms with Crippen LogP contribution in [-0.2, 0) is 4.74 Å². The van der Waals surface area contributed by atoms with Gasteiger partial charge in [0.05, 0.1) is 0 Å². The van der Waals surface area contributed by atoms with Crippen LogP contribution in [0, 0.1) is 27.7 Å². The molecule has 1 amide bonds. The van der Waals surface area contributed by atoms with Gasteiger partial charge in [-0.25, -0.2) is 14.8 Å². The number of piperidine rings is 2. The van der Waals surface area contributed by atoms with Crippen LogP contribution in [0.15, 0.2) is 60.7 Å². The Morgan fingerprint density at radius 1 is 0.689 bits per heavy atom. The maximum absolute atomic E-state index is 12.2. The quantitative estimate of drug-likeness (QED) is 0.258. The molecule has 6 rings (SSSR count). The molecule has 4 aromatic heterocycles. The number of hydrogen-bond donors (Lipinski definition) is 1. The second-order valence-electron chi connectivity index (χ2n) is 13.5. The van der Waals surface area contributed by atoms with Crippen molar-refractivity contribution in [2.45, 2.75) is 91.6 Å². The third-order valence-corrected chi connectivity index (χ3v) is 8.83. The van der Waals surface area contributed by atoms with Crippen LogP contribution in [0.3, 0.4) is 0 Å². The number of amides is 1. The molecule has 2 aliphatic heterocycles. The number of ether oxygens (including phenoxy) is 1. The molecule has 2 fully saturated rings. The van der Waals surface area contributed by atoms with Gasteiger partial charge in [0, 0.05) is 59.1 Å². The van der Waals surface area contributed by atoms with E-state index >= 15 is 0 Å². The standard InChI is InChI=1S/C21H29N3O2.C16H21N3/c1-15-9-10-16(2)24(15)19-8-6-7-18(22-19)17-11-13-23(14-12-17)20(25)26-21(3,4)5;1-12-6-7-13(2)19(12)16-5-3-4-15(18-16)14-8-10-17-11-9-14/h6-10,17H,11-14H2,1-5H3;3-7,14,17H,8-11H2,1-2H3. The summed E-state index contributed by atoms with van der Waals surface area (Å²) >= 11 is 0. The number of nitrogens with zero attached hydrogens (tertiary/aromatic N) is 5. The molecule has 1 N–H and O–H groups in total. The summed E-state index contributed by atoms with van der Waals surface area (Å²) in [5, 5.41) is 3.41. The number of hydrogen-bond acceptors (Lipinski definition) is 5. The minimum atomic E-state index is -0.448. The monoisotopic (exact) mass is 610 g/mol. The molecule has 0 bridgehead atoms. The van der Waals surface area contributed by atoms with Crippen LogP contribution in [0.5, 0.6) is 0 Å². The molecule has 2 aliphatic rings. The first-order chi connectivity index (χ1) is 21.5. The van der Waals surface area contributed by atoms with Crippen molar-refractivity contribution in [1.82, 2.24) is 29.3 Å². The van der Waals surface area contributed by atoms with Gasteiger partial charge >= 0.3 is 6.09 Å². The van der Waals surface area contributed by atoms with Crippen molar-refractivity contribution in [3.05, 3.63) is 94.8 Å². The molecule has 240 valence electrons. The topological polar surface area (TPSA) is 77.2 Å². The normalized spacial score (nSPS) is 16.3. The third-order valence-electron chi connectivity index (χ3n) is 8.83. The molecular weight excluding hydrogens is 560 g/mol. The summed E-state index contributed by atoms with van der Waals surface area (Å²) in [6.07, 6.45) is 4.01. The Kier molecular flexibility index (Phi) is 10.1. The van der Waals surface area contributed by atoms with Crippen molar-refractivity contribution < 1.29 is 9.53 Å². The minimum Gasteiger partial charge on any atom is -0.444 e. The smallest absolute Gasteiger partial charge is 0.410 e. The average Bonchev–Trinajstić information content (AvgIpc) is 3.55. The molecule has 0 spiro atoms. The van der Waals surface area contributed by atoms with Gasteiger partial charge in [-0.05, 0) is 136 Å². The van der Waals surface area contributed by atoms with Crippen molar-refractivity contribution >= 4 is 6.09 Å². The molecule has 6 heterocycles. The van der Waals surface area contributed by atoms with E-state index in [9.17, 15) is 4.79 Å². The van der Waals surface area contributed by atoms with E-state index < -0.39 is 5.60 Å². The highest BCUT2D eigenvalue weighted by Gasteiger charge is 2.28. The second-order valence-corrected chi connectivity index (χ2v) is 13.5. The molecule has 8 heteroatoms. The molecule has 2 saturated heterocycles. The fourth-order valence-corrected chi connectivity index (χ4v) is 6.44. The highest BCUT2D eigenvalue weighted by molar-refractivity contribution is 5.68. The van der Waals surface area contributed by atoms with Crippen molar-refractivity contribution in [3.63, 3.8) is 0 Å². The zero-order chi connectivity index (χ0) is 32.1. The fourth-order valence-electron chi connectivity index (χ4n) is 6.44. The lowest BCUT2D eigenvalue weighted by Gasteiger charge is -2.33. The molecule has 0 aliphatic carbocycles. The van der Waals surface area contributed by atoms with E-state index in [2.05, 4.69) is 103 Å². The number of pyridine rings is 2. The predicted molar refractivity (Wildman–Crippen MR) is 181 cm³/mol.